The van der Waals surface area contributed by atoms with Crippen LogP contribution in [0.25, 0.3) is 11.1 Å². The zero-order chi connectivity index (χ0) is 20.4. The quantitative estimate of drug-likeness (QED) is 0.345. The normalized spacial score (nSPS) is 10.7. The van der Waals surface area contributed by atoms with Gasteiger partial charge in [-0.05, 0) is 54.8 Å². The number of hydrogen-bond acceptors (Lipinski definition) is 4. The van der Waals surface area contributed by atoms with Gasteiger partial charge < -0.3 is 14.6 Å². The third kappa shape index (κ3) is 6.44. The highest BCUT2D eigenvalue weighted by Gasteiger charge is 2.17. The summed E-state index contributed by atoms with van der Waals surface area (Å²) in [6.45, 7) is 5.11. The lowest BCUT2D eigenvalue weighted by Crippen LogP contribution is -2.01. The van der Waals surface area contributed by atoms with Crippen molar-refractivity contribution in [3.8, 4) is 22.6 Å². The summed E-state index contributed by atoms with van der Waals surface area (Å²) < 4.78 is 26.4. The lowest BCUT2D eigenvalue weighted by atomic mass is 10.0. The van der Waals surface area contributed by atoms with Gasteiger partial charge in [0.25, 0.3) is 0 Å². The molecule has 2 aromatic carbocycles. The molecule has 2 aromatic rings. The Morgan fingerprint density at radius 1 is 1.04 bits per heavy atom. The van der Waals surface area contributed by atoms with Gasteiger partial charge in [0.2, 0.25) is 0 Å². The molecule has 0 amide bonds. The van der Waals surface area contributed by atoms with Crippen molar-refractivity contribution in [3.05, 3.63) is 42.2 Å². The molecule has 0 aromatic heterocycles. The van der Waals surface area contributed by atoms with E-state index in [0.717, 1.165) is 24.2 Å². The molecule has 0 aliphatic carbocycles. The number of ether oxygens (including phenoxy) is 2. The topological polar surface area (TPSA) is 55.8 Å². The van der Waals surface area contributed by atoms with Crippen LogP contribution < -0.4 is 9.47 Å². The van der Waals surface area contributed by atoms with Crippen molar-refractivity contribution in [2.45, 2.75) is 44.4 Å². The standard InChI is InChI=1S/C22H27FO4S/c1-3-13-26-17-9-7-16(8-10-17)18-11-12-19(28-15-5-6-20(24)25)21(23)22(18)27-14-4-2/h7-12H,3-6,13-15H2,1-2H3,(H,24,25). The van der Waals surface area contributed by atoms with Crippen LogP contribution in [0.4, 0.5) is 4.39 Å². The predicted octanol–water partition coefficient (Wildman–Crippen LogP) is 6.03. The first-order valence-electron chi connectivity index (χ1n) is 9.59. The Balaban J connectivity index is 2.22. The average Bonchev–Trinajstić information content (AvgIpc) is 2.70. The zero-order valence-corrected chi connectivity index (χ0v) is 17.2. The SMILES string of the molecule is CCCOc1ccc(-c2ccc(SCCCC(=O)O)c(F)c2OCCC)cc1. The number of hydrogen-bond donors (Lipinski definition) is 1. The average molecular weight is 407 g/mol. The van der Waals surface area contributed by atoms with Gasteiger partial charge in [-0.3, -0.25) is 4.79 Å². The van der Waals surface area contributed by atoms with Gasteiger partial charge in [0, 0.05) is 16.9 Å². The first-order valence-corrected chi connectivity index (χ1v) is 10.6. The molecule has 6 heteroatoms. The van der Waals surface area contributed by atoms with E-state index in [0.29, 0.717) is 35.8 Å². The molecule has 0 saturated heterocycles. The van der Waals surface area contributed by atoms with Gasteiger partial charge in [-0.25, -0.2) is 4.39 Å². The highest BCUT2D eigenvalue weighted by molar-refractivity contribution is 7.99. The molecule has 0 unspecified atom stereocenters. The van der Waals surface area contributed by atoms with Crippen LogP contribution in [0.5, 0.6) is 11.5 Å². The Kier molecular flexibility index (Phi) is 9.14. The zero-order valence-electron chi connectivity index (χ0n) is 16.4. The Hall–Kier alpha value is -2.21. The van der Waals surface area contributed by atoms with Crippen molar-refractivity contribution in [1.29, 1.82) is 0 Å². The number of aliphatic carboxylic acids is 1. The van der Waals surface area contributed by atoms with Crippen LogP contribution in [0.2, 0.25) is 0 Å². The summed E-state index contributed by atoms with van der Waals surface area (Å²) in [4.78, 5) is 11.1. The molecule has 1 N–H and O–H groups in total. The summed E-state index contributed by atoms with van der Waals surface area (Å²) in [7, 11) is 0. The van der Waals surface area contributed by atoms with E-state index in [-0.39, 0.29) is 12.2 Å². The lowest BCUT2D eigenvalue weighted by molar-refractivity contribution is -0.137. The molecule has 2 rings (SSSR count). The third-order valence-corrected chi connectivity index (χ3v) is 5.06. The highest BCUT2D eigenvalue weighted by Crippen LogP contribution is 2.38. The highest BCUT2D eigenvalue weighted by atomic mass is 32.2. The Bertz CT molecular complexity index is 762. The van der Waals surface area contributed by atoms with Crippen molar-refractivity contribution in [1.82, 2.24) is 0 Å². The number of carbonyl (C=O) groups is 1. The number of halogens is 1. The number of carboxylic acid groups (broad SMARTS) is 1. The fourth-order valence-electron chi connectivity index (χ4n) is 2.58. The van der Waals surface area contributed by atoms with Crippen molar-refractivity contribution in [3.63, 3.8) is 0 Å². The molecule has 4 nitrogen and oxygen atoms in total. The van der Waals surface area contributed by atoms with Gasteiger partial charge in [0.05, 0.1) is 13.2 Å². The molecule has 0 aliphatic heterocycles. The first-order chi connectivity index (χ1) is 13.6. The van der Waals surface area contributed by atoms with E-state index in [1.54, 1.807) is 6.07 Å². The van der Waals surface area contributed by atoms with Gasteiger partial charge in [-0.15, -0.1) is 11.8 Å². The van der Waals surface area contributed by atoms with Crippen LogP contribution in [0.3, 0.4) is 0 Å². The van der Waals surface area contributed by atoms with Crippen LogP contribution >= 0.6 is 11.8 Å². The summed E-state index contributed by atoms with van der Waals surface area (Å²) in [5.74, 6) is 0.339. The molecule has 0 fully saturated rings. The Labute approximate surface area is 170 Å². The van der Waals surface area contributed by atoms with E-state index in [2.05, 4.69) is 6.92 Å². The Morgan fingerprint density at radius 2 is 1.71 bits per heavy atom. The van der Waals surface area contributed by atoms with E-state index in [9.17, 15) is 4.79 Å². The van der Waals surface area contributed by atoms with Crippen LogP contribution in [-0.4, -0.2) is 30.0 Å². The summed E-state index contributed by atoms with van der Waals surface area (Å²) in [6, 6.07) is 11.1. The van der Waals surface area contributed by atoms with Crippen molar-refractivity contribution in [2.75, 3.05) is 19.0 Å². The predicted molar refractivity (Wildman–Crippen MR) is 111 cm³/mol. The minimum absolute atomic E-state index is 0.0817. The second-order valence-electron chi connectivity index (χ2n) is 6.32. The van der Waals surface area contributed by atoms with Crippen LogP contribution in [-0.2, 0) is 4.79 Å². The summed E-state index contributed by atoms with van der Waals surface area (Å²) in [5.41, 5.74) is 1.55. The number of carboxylic acids is 1. The fourth-order valence-corrected chi connectivity index (χ4v) is 3.47. The molecule has 28 heavy (non-hydrogen) atoms. The van der Waals surface area contributed by atoms with E-state index in [4.69, 9.17) is 14.6 Å². The molecule has 0 aliphatic rings. The van der Waals surface area contributed by atoms with E-state index < -0.39 is 11.8 Å². The van der Waals surface area contributed by atoms with Gasteiger partial charge in [-0.2, -0.15) is 0 Å². The smallest absolute Gasteiger partial charge is 0.303 e. The largest absolute Gasteiger partial charge is 0.494 e. The maximum absolute atomic E-state index is 15.1. The minimum Gasteiger partial charge on any atom is -0.494 e. The number of thioether (sulfide) groups is 1. The molecule has 0 atom stereocenters. The molecule has 152 valence electrons. The molecule has 0 bridgehead atoms. The van der Waals surface area contributed by atoms with Crippen molar-refractivity contribution in [2.24, 2.45) is 0 Å². The van der Waals surface area contributed by atoms with Crippen LogP contribution in [0.15, 0.2) is 41.3 Å². The second kappa shape index (κ2) is 11.6. The summed E-state index contributed by atoms with van der Waals surface area (Å²) in [5, 5.41) is 8.72. The minimum atomic E-state index is -0.838. The Morgan fingerprint density at radius 3 is 2.36 bits per heavy atom. The molecule has 0 spiro atoms. The van der Waals surface area contributed by atoms with Gasteiger partial charge in [-0.1, -0.05) is 26.0 Å². The number of benzene rings is 2. The molecular formula is C22H27FO4S. The van der Waals surface area contributed by atoms with Crippen LogP contribution in [0, 0.1) is 5.82 Å². The molecule has 0 heterocycles. The van der Waals surface area contributed by atoms with Crippen LogP contribution in [0.1, 0.15) is 39.5 Å². The number of rotatable bonds is 12. The van der Waals surface area contributed by atoms with Gasteiger partial charge in [0.15, 0.2) is 11.6 Å². The van der Waals surface area contributed by atoms with E-state index in [1.165, 1.54) is 11.8 Å². The third-order valence-electron chi connectivity index (χ3n) is 3.94. The maximum Gasteiger partial charge on any atom is 0.303 e. The van der Waals surface area contributed by atoms with E-state index in [1.807, 2.05) is 37.3 Å². The molecular weight excluding hydrogens is 379 g/mol. The van der Waals surface area contributed by atoms with Gasteiger partial charge >= 0.3 is 5.97 Å². The first kappa shape index (κ1) is 22.1. The van der Waals surface area contributed by atoms with Crippen molar-refractivity contribution >= 4 is 17.7 Å². The molecule has 0 radical (unpaired) electrons. The van der Waals surface area contributed by atoms with Crippen molar-refractivity contribution < 1.29 is 23.8 Å². The fraction of sp³-hybridized carbons (Fsp3) is 0.409. The second-order valence-corrected chi connectivity index (χ2v) is 7.46. The monoisotopic (exact) mass is 406 g/mol. The maximum atomic E-state index is 15.1. The summed E-state index contributed by atoms with van der Waals surface area (Å²) >= 11 is 1.31. The van der Waals surface area contributed by atoms with Gasteiger partial charge in [0.1, 0.15) is 5.75 Å². The van der Waals surface area contributed by atoms with E-state index >= 15 is 4.39 Å². The summed E-state index contributed by atoms with van der Waals surface area (Å²) in [6.07, 6.45) is 2.29. The lowest BCUT2D eigenvalue weighted by Gasteiger charge is -2.15. The molecule has 0 saturated carbocycles.